The molecule has 0 bridgehead atoms. The summed E-state index contributed by atoms with van der Waals surface area (Å²) >= 11 is 7.97. The summed E-state index contributed by atoms with van der Waals surface area (Å²) in [6.07, 6.45) is 1.58. The minimum absolute atomic E-state index is 0.735. The van der Waals surface area contributed by atoms with Gasteiger partial charge < -0.3 is 0 Å². The van der Waals surface area contributed by atoms with E-state index in [1.54, 1.807) is 17.7 Å². The van der Waals surface area contributed by atoms with Crippen molar-refractivity contribution in [1.82, 2.24) is 14.6 Å². The number of thiazole rings is 1. The second-order valence-corrected chi connectivity index (χ2v) is 5.96. The third-order valence-corrected chi connectivity index (χ3v) is 4.71. The molecule has 4 rings (SSSR count). The first-order valence-electron chi connectivity index (χ1n) is 6.47. The molecule has 0 radical (unpaired) electrons. The predicted octanol–water partition coefficient (Wildman–Crippen LogP) is 4.78. The van der Waals surface area contributed by atoms with Gasteiger partial charge in [0.1, 0.15) is 6.33 Å². The lowest BCUT2D eigenvalue weighted by Crippen LogP contribution is -1.90. The van der Waals surface area contributed by atoms with E-state index in [1.165, 1.54) is 0 Å². The zero-order chi connectivity index (χ0) is 14.2. The lowest BCUT2D eigenvalue weighted by Gasteiger charge is -2.06. The Balaban J connectivity index is 2.06. The van der Waals surface area contributed by atoms with Gasteiger partial charge in [0, 0.05) is 16.1 Å². The van der Waals surface area contributed by atoms with Gasteiger partial charge in [-0.05, 0) is 6.07 Å². The zero-order valence-electron chi connectivity index (χ0n) is 10.9. The molecule has 4 aromatic rings. The number of aromatic nitrogens is 3. The van der Waals surface area contributed by atoms with Crippen molar-refractivity contribution in [3.05, 3.63) is 65.9 Å². The highest BCUT2D eigenvalue weighted by Gasteiger charge is 2.18. The molecule has 0 aliphatic carbocycles. The molecule has 0 saturated heterocycles. The van der Waals surface area contributed by atoms with E-state index in [9.17, 15) is 0 Å². The van der Waals surface area contributed by atoms with Gasteiger partial charge in [0.15, 0.2) is 0 Å². The third-order valence-electron chi connectivity index (χ3n) is 3.30. The number of hydrogen-bond donors (Lipinski definition) is 0. The van der Waals surface area contributed by atoms with E-state index in [1.807, 2.05) is 47.0 Å². The van der Waals surface area contributed by atoms with E-state index in [-0.39, 0.29) is 0 Å². The maximum atomic E-state index is 6.37. The Bertz CT molecular complexity index is 912. The summed E-state index contributed by atoms with van der Waals surface area (Å²) in [6.45, 7) is 0. The van der Waals surface area contributed by atoms with Gasteiger partial charge in [0.2, 0.25) is 4.96 Å². The topological polar surface area (TPSA) is 30.2 Å². The molecule has 0 amide bonds. The van der Waals surface area contributed by atoms with Crippen molar-refractivity contribution >= 4 is 27.9 Å². The quantitative estimate of drug-likeness (QED) is 0.533. The fourth-order valence-electron chi connectivity index (χ4n) is 2.37. The maximum absolute atomic E-state index is 6.37. The van der Waals surface area contributed by atoms with E-state index in [2.05, 4.69) is 22.2 Å². The second-order valence-electron chi connectivity index (χ2n) is 4.58. The lowest BCUT2D eigenvalue weighted by molar-refractivity contribution is 0.985. The Labute approximate surface area is 130 Å². The molecule has 0 aliphatic rings. The van der Waals surface area contributed by atoms with Crippen molar-refractivity contribution in [1.29, 1.82) is 0 Å². The second kappa shape index (κ2) is 4.98. The van der Waals surface area contributed by atoms with Crippen LogP contribution in [-0.4, -0.2) is 14.6 Å². The molecule has 0 spiro atoms. The van der Waals surface area contributed by atoms with Gasteiger partial charge in [-0.25, -0.2) is 9.50 Å². The summed E-state index contributed by atoms with van der Waals surface area (Å²) < 4.78 is 1.87. The normalized spacial score (nSPS) is 11.1. The van der Waals surface area contributed by atoms with Gasteiger partial charge in [0.25, 0.3) is 0 Å². The van der Waals surface area contributed by atoms with Crippen molar-refractivity contribution in [2.75, 3.05) is 0 Å². The third kappa shape index (κ3) is 2.04. The van der Waals surface area contributed by atoms with Crippen LogP contribution in [-0.2, 0) is 0 Å². The Hall–Kier alpha value is -2.17. The molecule has 2 aromatic heterocycles. The number of rotatable bonds is 2. The molecule has 3 nitrogen and oxygen atoms in total. The Morgan fingerprint density at radius 2 is 1.71 bits per heavy atom. The fraction of sp³-hybridized carbons (Fsp3) is 0. The highest BCUT2D eigenvalue weighted by Crippen LogP contribution is 2.41. The molecule has 0 aliphatic heterocycles. The van der Waals surface area contributed by atoms with Gasteiger partial charge in [-0.1, -0.05) is 71.5 Å². The Morgan fingerprint density at radius 1 is 0.952 bits per heavy atom. The summed E-state index contributed by atoms with van der Waals surface area (Å²) in [4.78, 5) is 6.26. The highest BCUT2D eigenvalue weighted by atomic mass is 35.5. The molecule has 0 atom stereocenters. The minimum Gasteiger partial charge on any atom is -0.206 e. The van der Waals surface area contributed by atoms with E-state index >= 15 is 0 Å². The predicted molar refractivity (Wildman–Crippen MR) is 86.7 cm³/mol. The van der Waals surface area contributed by atoms with E-state index < -0.39 is 0 Å². The summed E-state index contributed by atoms with van der Waals surface area (Å²) in [5.74, 6) is 0. The highest BCUT2D eigenvalue weighted by molar-refractivity contribution is 7.20. The molecule has 2 heterocycles. The molecular weight excluding hydrogens is 302 g/mol. The molecule has 0 N–H and O–H groups in total. The van der Waals surface area contributed by atoms with E-state index in [0.717, 1.165) is 31.7 Å². The fourth-order valence-corrected chi connectivity index (χ4v) is 3.75. The van der Waals surface area contributed by atoms with Crippen LogP contribution in [0.25, 0.3) is 26.7 Å². The average Bonchev–Trinajstić information content (AvgIpc) is 3.09. The SMILES string of the molecule is Clc1ccccc1-c1sc2ncnn2c1-c1ccccc1. The molecule has 21 heavy (non-hydrogen) atoms. The largest absolute Gasteiger partial charge is 0.213 e. The van der Waals surface area contributed by atoms with Crippen LogP contribution < -0.4 is 0 Å². The minimum atomic E-state index is 0.735. The smallest absolute Gasteiger partial charge is 0.206 e. The van der Waals surface area contributed by atoms with Crippen LogP contribution in [0.15, 0.2) is 60.9 Å². The van der Waals surface area contributed by atoms with Crippen molar-refractivity contribution < 1.29 is 0 Å². The zero-order valence-corrected chi connectivity index (χ0v) is 12.5. The van der Waals surface area contributed by atoms with Crippen LogP contribution in [0.4, 0.5) is 0 Å². The van der Waals surface area contributed by atoms with Crippen LogP contribution >= 0.6 is 22.9 Å². The monoisotopic (exact) mass is 311 g/mol. The molecule has 0 saturated carbocycles. The molecule has 2 aromatic carbocycles. The van der Waals surface area contributed by atoms with Crippen LogP contribution in [0, 0.1) is 0 Å². The number of benzene rings is 2. The standard InChI is InChI=1S/C16H10ClN3S/c17-13-9-5-4-8-12(13)15-14(11-6-2-1-3-7-11)20-16(21-15)18-10-19-20/h1-10H. The first-order valence-corrected chi connectivity index (χ1v) is 7.67. The molecule has 0 unspecified atom stereocenters. The number of hydrogen-bond acceptors (Lipinski definition) is 3. The molecule has 5 heteroatoms. The molecular formula is C16H10ClN3S. The van der Waals surface area contributed by atoms with E-state index in [4.69, 9.17) is 11.6 Å². The van der Waals surface area contributed by atoms with Crippen LogP contribution in [0.5, 0.6) is 0 Å². The lowest BCUT2D eigenvalue weighted by atomic mass is 10.1. The summed E-state index contributed by atoms with van der Waals surface area (Å²) in [5.41, 5.74) is 3.14. The van der Waals surface area contributed by atoms with Crippen molar-refractivity contribution in [2.45, 2.75) is 0 Å². The van der Waals surface area contributed by atoms with E-state index in [0.29, 0.717) is 0 Å². The number of fused-ring (bicyclic) bond motifs is 1. The van der Waals surface area contributed by atoms with Gasteiger partial charge in [-0.15, -0.1) is 0 Å². The van der Waals surface area contributed by atoms with Gasteiger partial charge in [0.05, 0.1) is 10.6 Å². The van der Waals surface area contributed by atoms with Crippen LogP contribution in [0.2, 0.25) is 5.02 Å². The summed E-state index contributed by atoms with van der Waals surface area (Å²) in [5, 5.41) is 5.08. The summed E-state index contributed by atoms with van der Waals surface area (Å²) in [7, 11) is 0. The van der Waals surface area contributed by atoms with Crippen molar-refractivity contribution in [3.8, 4) is 21.7 Å². The Kier molecular flexibility index (Phi) is 2.98. The van der Waals surface area contributed by atoms with Crippen LogP contribution in [0.3, 0.4) is 0 Å². The first-order chi connectivity index (χ1) is 10.3. The maximum Gasteiger partial charge on any atom is 0.213 e. The van der Waals surface area contributed by atoms with Crippen molar-refractivity contribution in [2.24, 2.45) is 0 Å². The number of halogens is 1. The van der Waals surface area contributed by atoms with Crippen molar-refractivity contribution in [3.63, 3.8) is 0 Å². The van der Waals surface area contributed by atoms with Gasteiger partial charge in [-0.2, -0.15) is 5.10 Å². The number of nitrogens with zero attached hydrogens (tertiary/aromatic N) is 3. The van der Waals surface area contributed by atoms with Gasteiger partial charge in [-0.3, -0.25) is 0 Å². The summed E-state index contributed by atoms with van der Waals surface area (Å²) in [6, 6.07) is 18.0. The Morgan fingerprint density at radius 3 is 2.52 bits per heavy atom. The van der Waals surface area contributed by atoms with Crippen LogP contribution in [0.1, 0.15) is 0 Å². The molecule has 0 fully saturated rings. The molecule has 102 valence electrons. The average molecular weight is 312 g/mol. The van der Waals surface area contributed by atoms with Gasteiger partial charge >= 0.3 is 0 Å². The first kappa shape index (κ1) is 12.6.